The van der Waals surface area contributed by atoms with Crippen LogP contribution in [0.2, 0.25) is 0 Å². The van der Waals surface area contributed by atoms with E-state index in [1.54, 1.807) is 10.8 Å². The number of likely N-dealkylation sites (tertiary alicyclic amines) is 1. The first-order chi connectivity index (χ1) is 15.8. The maximum Gasteiger partial charge on any atom is 0.119 e. The summed E-state index contributed by atoms with van der Waals surface area (Å²) in [7, 11) is 4.06. The highest BCUT2D eigenvalue weighted by Gasteiger charge is 2.20. The van der Waals surface area contributed by atoms with Gasteiger partial charge in [-0.2, -0.15) is 5.10 Å². The molecule has 3 rings (SSSR count). The first-order valence-electron chi connectivity index (χ1n) is 11.5. The molecule has 0 radical (unpaired) electrons. The number of rotatable bonds is 8. The molecule has 174 valence electrons. The summed E-state index contributed by atoms with van der Waals surface area (Å²) in [5, 5.41) is 4.60. The second kappa shape index (κ2) is 11.1. The van der Waals surface area contributed by atoms with Gasteiger partial charge < -0.3 is 10.6 Å². The number of nitrogens with two attached hydrogens (primary N) is 1. The van der Waals surface area contributed by atoms with Crippen molar-refractivity contribution >= 4 is 30.0 Å². The summed E-state index contributed by atoms with van der Waals surface area (Å²) in [6.07, 6.45) is 10.7. The number of aromatic nitrogens is 2. The van der Waals surface area contributed by atoms with E-state index in [9.17, 15) is 0 Å². The first kappa shape index (κ1) is 24.4. The van der Waals surface area contributed by atoms with Gasteiger partial charge in [-0.1, -0.05) is 24.8 Å². The minimum Gasteiger partial charge on any atom is -0.387 e. The van der Waals surface area contributed by atoms with Crippen LogP contribution in [-0.2, 0) is 7.05 Å². The van der Waals surface area contributed by atoms with Gasteiger partial charge in [0.05, 0.1) is 5.70 Å². The Hall–Kier alpha value is -3.25. The Balaban J connectivity index is 2.09. The van der Waals surface area contributed by atoms with Gasteiger partial charge in [0.2, 0.25) is 0 Å². The third-order valence-electron chi connectivity index (χ3n) is 6.32. The summed E-state index contributed by atoms with van der Waals surface area (Å²) in [4.78, 5) is 11.7. The fraction of sp³-hybridized carbons (Fsp3) is 0.370. The fourth-order valence-electron chi connectivity index (χ4n) is 4.20. The van der Waals surface area contributed by atoms with Gasteiger partial charge in [0.25, 0.3) is 0 Å². The summed E-state index contributed by atoms with van der Waals surface area (Å²) in [5.41, 5.74) is 13.0. The molecule has 2 N–H and O–H groups in total. The number of hydrogen-bond acceptors (Lipinski definition) is 4. The van der Waals surface area contributed by atoms with E-state index >= 15 is 0 Å². The molecular formula is C27H36N6. The Labute approximate surface area is 197 Å². The van der Waals surface area contributed by atoms with E-state index in [1.165, 1.54) is 11.1 Å². The molecule has 2 aromatic rings. The molecule has 1 aromatic heterocycles. The highest BCUT2D eigenvalue weighted by atomic mass is 15.3. The molecular weight excluding hydrogens is 408 g/mol. The van der Waals surface area contributed by atoms with Crippen LogP contribution in [0.15, 0.2) is 53.1 Å². The van der Waals surface area contributed by atoms with Crippen LogP contribution in [0.5, 0.6) is 0 Å². The molecule has 0 saturated carbocycles. The Bertz CT molecular complexity index is 1090. The van der Waals surface area contributed by atoms with Crippen LogP contribution in [0.25, 0.3) is 17.5 Å². The second-order valence-electron chi connectivity index (χ2n) is 8.89. The lowest BCUT2D eigenvalue weighted by Gasteiger charge is -2.28. The first-order valence-corrected chi connectivity index (χ1v) is 11.5. The molecule has 0 spiro atoms. The van der Waals surface area contributed by atoms with Crippen LogP contribution >= 0.6 is 0 Å². The number of piperidine rings is 1. The summed E-state index contributed by atoms with van der Waals surface area (Å²) >= 11 is 0. The van der Waals surface area contributed by atoms with E-state index in [2.05, 4.69) is 67.4 Å². The number of aryl methyl sites for hydroxylation is 2. The van der Waals surface area contributed by atoms with Crippen molar-refractivity contribution in [1.82, 2.24) is 14.7 Å². The standard InChI is InChI=1S/C27H36N6/c1-7-8-9-22-18-23(16-19(2)20(22)3)26(29-4)27(24-12-15-33(6)31-24)30-25(28)17-21-10-13-32(5)14-11-21/h7-9,12,15-16,18,21H,1,4,10-11,13-14,17H2,2-3,5-6H3,(H2,28,30)/b9-8-,27-26-. The monoisotopic (exact) mass is 444 g/mol. The normalized spacial score (nSPS) is 16.8. The number of allylic oxidation sites excluding steroid dienone is 2. The zero-order valence-corrected chi connectivity index (χ0v) is 20.4. The van der Waals surface area contributed by atoms with Crippen molar-refractivity contribution < 1.29 is 0 Å². The molecule has 0 amide bonds. The SMILES string of the molecule is C=C/C=C\c1cc(/C(N=C)=C(/N=C(N)CC2CCN(C)CC2)c2ccn(C)n2)cc(C)c1C. The number of hydrogen-bond donors (Lipinski definition) is 1. The van der Waals surface area contributed by atoms with Crippen molar-refractivity contribution in [2.45, 2.75) is 33.1 Å². The zero-order chi connectivity index (χ0) is 24.0. The molecule has 0 aliphatic carbocycles. The molecule has 2 heterocycles. The fourth-order valence-corrected chi connectivity index (χ4v) is 4.20. The molecule has 6 nitrogen and oxygen atoms in total. The van der Waals surface area contributed by atoms with Gasteiger partial charge in [-0.3, -0.25) is 9.67 Å². The van der Waals surface area contributed by atoms with Crippen LogP contribution < -0.4 is 5.73 Å². The number of aliphatic imine (C=N–C) groups is 2. The van der Waals surface area contributed by atoms with E-state index in [-0.39, 0.29) is 0 Å². The van der Waals surface area contributed by atoms with Crippen molar-refractivity contribution in [3.05, 3.63) is 71.1 Å². The van der Waals surface area contributed by atoms with Crippen molar-refractivity contribution in [2.24, 2.45) is 28.7 Å². The zero-order valence-electron chi connectivity index (χ0n) is 20.4. The lowest BCUT2D eigenvalue weighted by atomic mass is 9.93. The van der Waals surface area contributed by atoms with Gasteiger partial charge in [0.15, 0.2) is 0 Å². The molecule has 1 aliphatic rings. The van der Waals surface area contributed by atoms with E-state index in [1.807, 2.05) is 25.4 Å². The Morgan fingerprint density at radius 3 is 2.55 bits per heavy atom. The van der Waals surface area contributed by atoms with Crippen molar-refractivity contribution in [3.8, 4) is 0 Å². The largest absolute Gasteiger partial charge is 0.387 e. The molecule has 0 atom stereocenters. The Kier molecular flexibility index (Phi) is 8.17. The minimum absolute atomic E-state index is 0.548. The average molecular weight is 445 g/mol. The van der Waals surface area contributed by atoms with Crippen molar-refractivity contribution in [2.75, 3.05) is 20.1 Å². The van der Waals surface area contributed by atoms with Gasteiger partial charge >= 0.3 is 0 Å². The van der Waals surface area contributed by atoms with Crippen LogP contribution in [0.4, 0.5) is 0 Å². The maximum absolute atomic E-state index is 6.49. The number of benzene rings is 1. The molecule has 0 unspecified atom stereocenters. The van der Waals surface area contributed by atoms with Crippen LogP contribution in [0.3, 0.4) is 0 Å². The van der Waals surface area contributed by atoms with E-state index in [4.69, 9.17) is 10.7 Å². The summed E-state index contributed by atoms with van der Waals surface area (Å²) in [6.45, 7) is 14.1. The minimum atomic E-state index is 0.548. The Morgan fingerprint density at radius 1 is 1.21 bits per heavy atom. The molecule has 1 aromatic carbocycles. The van der Waals surface area contributed by atoms with Crippen LogP contribution in [-0.4, -0.2) is 47.4 Å². The quantitative estimate of drug-likeness (QED) is 0.359. The summed E-state index contributed by atoms with van der Waals surface area (Å²) < 4.78 is 1.76. The third kappa shape index (κ3) is 6.17. The van der Waals surface area contributed by atoms with Crippen LogP contribution in [0.1, 0.15) is 47.2 Å². The molecule has 33 heavy (non-hydrogen) atoms. The highest BCUT2D eigenvalue weighted by Crippen LogP contribution is 2.31. The average Bonchev–Trinajstić information content (AvgIpc) is 3.22. The lowest BCUT2D eigenvalue weighted by molar-refractivity contribution is 0.223. The third-order valence-corrected chi connectivity index (χ3v) is 6.32. The topological polar surface area (TPSA) is 71.8 Å². The smallest absolute Gasteiger partial charge is 0.119 e. The number of amidine groups is 1. The molecule has 0 bridgehead atoms. The Morgan fingerprint density at radius 2 is 1.94 bits per heavy atom. The van der Waals surface area contributed by atoms with E-state index in [0.29, 0.717) is 23.1 Å². The van der Waals surface area contributed by atoms with E-state index < -0.39 is 0 Å². The van der Waals surface area contributed by atoms with Crippen molar-refractivity contribution in [3.63, 3.8) is 0 Å². The summed E-state index contributed by atoms with van der Waals surface area (Å²) in [6, 6.07) is 6.17. The predicted molar refractivity (Wildman–Crippen MR) is 141 cm³/mol. The summed E-state index contributed by atoms with van der Waals surface area (Å²) in [5.74, 6) is 1.16. The molecule has 1 saturated heterocycles. The lowest BCUT2D eigenvalue weighted by Crippen LogP contribution is -2.32. The molecule has 1 aliphatic heterocycles. The maximum atomic E-state index is 6.49. The molecule has 1 fully saturated rings. The van der Waals surface area contributed by atoms with Gasteiger partial charge in [-0.05, 0) is 94.4 Å². The van der Waals surface area contributed by atoms with Gasteiger partial charge in [-0.25, -0.2) is 4.99 Å². The van der Waals surface area contributed by atoms with Crippen molar-refractivity contribution in [1.29, 1.82) is 0 Å². The predicted octanol–water partition coefficient (Wildman–Crippen LogP) is 4.85. The van der Waals surface area contributed by atoms with E-state index in [0.717, 1.165) is 49.2 Å². The van der Waals surface area contributed by atoms with Gasteiger partial charge in [0.1, 0.15) is 17.2 Å². The molecule has 6 heteroatoms. The number of nitrogens with zero attached hydrogens (tertiary/aromatic N) is 5. The highest BCUT2D eigenvalue weighted by molar-refractivity contribution is 5.96. The van der Waals surface area contributed by atoms with Gasteiger partial charge in [-0.15, -0.1) is 0 Å². The van der Waals surface area contributed by atoms with Gasteiger partial charge in [0, 0.05) is 25.2 Å². The van der Waals surface area contributed by atoms with Crippen LogP contribution in [0, 0.1) is 19.8 Å². The second-order valence-corrected chi connectivity index (χ2v) is 8.89.